The lowest BCUT2D eigenvalue weighted by Crippen LogP contribution is -2.33. The van der Waals surface area contributed by atoms with Gasteiger partial charge in [0.2, 0.25) is 5.75 Å². The Bertz CT molecular complexity index is 412. The zero-order valence-corrected chi connectivity index (χ0v) is 9.95. The summed E-state index contributed by atoms with van der Waals surface area (Å²) in [6, 6.07) is 0. The van der Waals surface area contributed by atoms with Gasteiger partial charge in [0.15, 0.2) is 5.82 Å². The maximum Gasteiger partial charge on any atom is 0.295 e. The molecule has 2 heterocycles. The largest absolute Gasteiger partial charge is 0.489 e. The molecule has 6 nitrogen and oxygen atoms in total. The normalized spacial score (nSPS) is 19.9. The van der Waals surface area contributed by atoms with Crippen molar-refractivity contribution < 1.29 is 4.74 Å². The molecule has 17 heavy (non-hydrogen) atoms. The lowest BCUT2D eigenvalue weighted by atomic mass is 10.00. The van der Waals surface area contributed by atoms with Crippen molar-refractivity contribution in [2.75, 3.05) is 32.1 Å². The van der Waals surface area contributed by atoms with Crippen molar-refractivity contribution in [1.29, 1.82) is 0 Å². The number of hydrogen-bond donors (Lipinski definition) is 3. The van der Waals surface area contributed by atoms with E-state index in [1.54, 1.807) is 0 Å². The Hall–Kier alpha value is -1.56. The summed E-state index contributed by atoms with van der Waals surface area (Å²) in [4.78, 5) is 18.0. The van der Waals surface area contributed by atoms with Crippen LogP contribution in [0.4, 0.5) is 5.82 Å². The van der Waals surface area contributed by atoms with E-state index in [0.29, 0.717) is 11.7 Å². The molecule has 0 spiro atoms. The molecule has 1 unspecified atom stereocenters. The fraction of sp³-hybridized carbons (Fsp3) is 0.636. The monoisotopic (exact) mass is 238 g/mol. The Balaban J connectivity index is 1.98. The van der Waals surface area contributed by atoms with E-state index in [2.05, 4.69) is 20.6 Å². The highest BCUT2D eigenvalue weighted by molar-refractivity contribution is 5.47. The average Bonchev–Trinajstić information content (AvgIpc) is 2.37. The van der Waals surface area contributed by atoms with Gasteiger partial charge in [-0.2, -0.15) is 0 Å². The van der Waals surface area contributed by atoms with Crippen LogP contribution >= 0.6 is 0 Å². The van der Waals surface area contributed by atoms with Gasteiger partial charge in [-0.25, -0.2) is 4.98 Å². The SMILES string of the molecule is COc1c(NCC2CCCNC2)nc[nH]c1=O. The number of aromatic amines is 1. The van der Waals surface area contributed by atoms with Gasteiger partial charge in [0.1, 0.15) is 0 Å². The molecule has 1 aromatic heterocycles. The first-order chi connectivity index (χ1) is 8.31. The molecule has 1 atom stereocenters. The summed E-state index contributed by atoms with van der Waals surface area (Å²) in [5, 5.41) is 6.53. The quantitative estimate of drug-likeness (QED) is 0.698. The van der Waals surface area contributed by atoms with E-state index >= 15 is 0 Å². The van der Waals surface area contributed by atoms with Crippen LogP contribution in [0.3, 0.4) is 0 Å². The van der Waals surface area contributed by atoms with Crippen LogP contribution in [-0.4, -0.2) is 36.7 Å². The van der Waals surface area contributed by atoms with Gasteiger partial charge in [-0.05, 0) is 31.8 Å². The van der Waals surface area contributed by atoms with Gasteiger partial charge >= 0.3 is 0 Å². The summed E-state index contributed by atoms with van der Waals surface area (Å²) in [5.41, 5.74) is -0.258. The van der Waals surface area contributed by atoms with E-state index in [1.807, 2.05) is 0 Å². The number of methoxy groups -OCH3 is 1. The minimum Gasteiger partial charge on any atom is -0.489 e. The molecule has 1 aliphatic heterocycles. The Kier molecular flexibility index (Phi) is 3.98. The molecule has 2 rings (SSSR count). The predicted molar refractivity (Wildman–Crippen MR) is 65.5 cm³/mol. The molecule has 0 radical (unpaired) electrons. The molecule has 1 saturated heterocycles. The first-order valence-electron chi connectivity index (χ1n) is 5.87. The molecule has 6 heteroatoms. The van der Waals surface area contributed by atoms with Gasteiger partial charge in [-0.3, -0.25) is 4.79 Å². The molecule has 94 valence electrons. The highest BCUT2D eigenvalue weighted by Gasteiger charge is 2.14. The lowest BCUT2D eigenvalue weighted by molar-refractivity contribution is 0.388. The van der Waals surface area contributed by atoms with Crippen LogP contribution in [0.1, 0.15) is 12.8 Å². The van der Waals surface area contributed by atoms with E-state index in [0.717, 1.165) is 19.6 Å². The van der Waals surface area contributed by atoms with Crippen molar-refractivity contribution in [1.82, 2.24) is 15.3 Å². The third-order valence-corrected chi connectivity index (χ3v) is 2.97. The minimum absolute atomic E-state index is 0.247. The smallest absolute Gasteiger partial charge is 0.295 e. The third-order valence-electron chi connectivity index (χ3n) is 2.97. The first kappa shape index (κ1) is 11.9. The Morgan fingerprint density at radius 1 is 1.65 bits per heavy atom. The third kappa shape index (κ3) is 2.97. The molecule has 1 aromatic rings. The summed E-state index contributed by atoms with van der Waals surface area (Å²) < 4.78 is 5.03. The van der Waals surface area contributed by atoms with Crippen LogP contribution in [0, 0.1) is 5.92 Å². The molecule has 3 N–H and O–H groups in total. The van der Waals surface area contributed by atoms with E-state index in [1.165, 1.54) is 26.3 Å². The Labute approximate surface area is 99.8 Å². The summed E-state index contributed by atoms with van der Waals surface area (Å²) in [6.45, 7) is 2.92. The average molecular weight is 238 g/mol. The molecule has 0 aliphatic carbocycles. The van der Waals surface area contributed by atoms with E-state index < -0.39 is 0 Å². The van der Waals surface area contributed by atoms with Crippen LogP contribution in [0.5, 0.6) is 5.75 Å². The Morgan fingerprint density at radius 2 is 2.53 bits per heavy atom. The van der Waals surface area contributed by atoms with E-state index in [-0.39, 0.29) is 11.3 Å². The van der Waals surface area contributed by atoms with Crippen molar-refractivity contribution in [3.63, 3.8) is 0 Å². The maximum absolute atomic E-state index is 11.4. The van der Waals surface area contributed by atoms with Gasteiger partial charge in [-0.15, -0.1) is 0 Å². The molecular weight excluding hydrogens is 220 g/mol. The molecule has 0 saturated carbocycles. The number of hydrogen-bond acceptors (Lipinski definition) is 5. The zero-order valence-electron chi connectivity index (χ0n) is 9.95. The van der Waals surface area contributed by atoms with Crippen LogP contribution in [-0.2, 0) is 0 Å². The second kappa shape index (κ2) is 5.67. The minimum atomic E-state index is -0.258. The van der Waals surface area contributed by atoms with Crippen LogP contribution in [0.2, 0.25) is 0 Å². The number of nitrogens with one attached hydrogen (secondary N) is 3. The number of aromatic nitrogens is 2. The van der Waals surface area contributed by atoms with Gasteiger partial charge < -0.3 is 20.4 Å². The second-order valence-corrected chi connectivity index (χ2v) is 4.21. The molecule has 0 aromatic carbocycles. The van der Waals surface area contributed by atoms with Crippen molar-refractivity contribution in [2.24, 2.45) is 5.92 Å². The lowest BCUT2D eigenvalue weighted by Gasteiger charge is -2.23. The number of ether oxygens (including phenoxy) is 1. The molecule has 0 bridgehead atoms. The Morgan fingerprint density at radius 3 is 3.24 bits per heavy atom. The van der Waals surface area contributed by atoms with Gasteiger partial charge in [0.05, 0.1) is 13.4 Å². The molecule has 1 aliphatic rings. The summed E-state index contributed by atoms with van der Waals surface area (Å²) in [5.74, 6) is 1.34. The topological polar surface area (TPSA) is 79.0 Å². The summed E-state index contributed by atoms with van der Waals surface area (Å²) >= 11 is 0. The van der Waals surface area contributed by atoms with Gasteiger partial charge in [-0.1, -0.05) is 0 Å². The highest BCUT2D eigenvalue weighted by Crippen LogP contribution is 2.16. The van der Waals surface area contributed by atoms with Gasteiger partial charge in [0, 0.05) is 6.54 Å². The number of anilines is 1. The number of H-pyrrole nitrogens is 1. The first-order valence-corrected chi connectivity index (χ1v) is 5.87. The summed E-state index contributed by atoms with van der Waals surface area (Å²) in [6.07, 6.45) is 3.78. The molecule has 0 amide bonds. The van der Waals surface area contributed by atoms with Crippen molar-refractivity contribution in [3.8, 4) is 5.75 Å². The number of nitrogens with zero attached hydrogens (tertiary/aromatic N) is 1. The fourth-order valence-electron chi connectivity index (χ4n) is 2.04. The maximum atomic E-state index is 11.4. The zero-order chi connectivity index (χ0) is 12.1. The van der Waals surface area contributed by atoms with Crippen molar-refractivity contribution in [2.45, 2.75) is 12.8 Å². The van der Waals surface area contributed by atoms with E-state index in [4.69, 9.17) is 4.74 Å². The standard InChI is InChI=1S/C11H18N4O2/c1-17-9-10(14-7-15-11(9)16)13-6-8-3-2-4-12-5-8/h7-8,12H,2-6H2,1H3,(H2,13,14,15,16). The fourth-order valence-corrected chi connectivity index (χ4v) is 2.04. The van der Waals surface area contributed by atoms with Crippen LogP contribution in [0.15, 0.2) is 11.1 Å². The number of piperidine rings is 1. The van der Waals surface area contributed by atoms with Crippen molar-refractivity contribution in [3.05, 3.63) is 16.7 Å². The number of rotatable bonds is 4. The van der Waals surface area contributed by atoms with Gasteiger partial charge in [0.25, 0.3) is 5.56 Å². The molecule has 1 fully saturated rings. The summed E-state index contributed by atoms with van der Waals surface area (Å²) in [7, 11) is 1.47. The highest BCUT2D eigenvalue weighted by atomic mass is 16.5. The molecular formula is C11H18N4O2. The second-order valence-electron chi connectivity index (χ2n) is 4.21. The van der Waals surface area contributed by atoms with Crippen molar-refractivity contribution >= 4 is 5.82 Å². The predicted octanol–water partition coefficient (Wildman–Crippen LogP) is 0.190. The van der Waals surface area contributed by atoms with Crippen LogP contribution < -0.4 is 20.9 Å². The van der Waals surface area contributed by atoms with Crippen LogP contribution in [0.25, 0.3) is 0 Å². The van der Waals surface area contributed by atoms with E-state index in [9.17, 15) is 4.79 Å².